The molecule has 1 aliphatic rings. The Labute approximate surface area is 238 Å². The summed E-state index contributed by atoms with van der Waals surface area (Å²) in [5.74, 6) is -2.48. The van der Waals surface area contributed by atoms with Gasteiger partial charge in [-0.15, -0.1) is 0 Å². The highest BCUT2D eigenvalue weighted by molar-refractivity contribution is 7.86. The number of aryl methyl sites for hydroxylation is 1. The van der Waals surface area contributed by atoms with Gasteiger partial charge in [-0.2, -0.15) is 8.42 Å². The van der Waals surface area contributed by atoms with E-state index in [4.69, 9.17) is 10.2 Å². The molecule has 0 heterocycles. The Morgan fingerprint density at radius 1 is 0.902 bits per heavy atom. The Hall–Kier alpha value is -4.10. The van der Waals surface area contributed by atoms with E-state index in [9.17, 15) is 32.5 Å². The minimum atomic E-state index is -4.70. The van der Waals surface area contributed by atoms with Crippen molar-refractivity contribution in [3.8, 4) is 5.75 Å². The number of nitrogens with zero attached hydrogens (tertiary/aromatic N) is 2. The second-order valence-electron chi connectivity index (χ2n) is 10.1. The third-order valence-electron chi connectivity index (χ3n) is 6.43. The molecule has 0 bridgehead atoms. The van der Waals surface area contributed by atoms with Crippen molar-refractivity contribution in [3.05, 3.63) is 87.5 Å². The number of aromatic hydroxyl groups is 1. The van der Waals surface area contributed by atoms with Crippen LogP contribution in [0.3, 0.4) is 0 Å². The quantitative estimate of drug-likeness (QED) is 0.286. The predicted octanol–water partition coefficient (Wildman–Crippen LogP) is 2.74. The molecule has 2 aromatic rings. The predicted molar refractivity (Wildman–Crippen MR) is 151 cm³/mol. The largest absolute Gasteiger partial charge is 0.507 e. The molecule has 3 rings (SSSR count). The minimum Gasteiger partial charge on any atom is -0.507 e. The summed E-state index contributed by atoms with van der Waals surface area (Å²) in [6.07, 6.45) is 3.14. The molecule has 0 spiro atoms. The SMILES string of the molecule is CC1=CC(=C(c2cc(C)c(O)c(CN(C)CC(=O)O)c2)c2ccccc2S(=O)(=O)O)C=C(CN(C)CC(=O)O)C1=O. The number of hydrogen-bond acceptors (Lipinski definition) is 8. The van der Waals surface area contributed by atoms with Gasteiger partial charge in [0.05, 0.1) is 13.1 Å². The van der Waals surface area contributed by atoms with Gasteiger partial charge < -0.3 is 15.3 Å². The number of rotatable bonds is 11. The average molecular weight is 585 g/mol. The lowest BCUT2D eigenvalue weighted by atomic mass is 9.85. The first-order chi connectivity index (χ1) is 19.1. The van der Waals surface area contributed by atoms with Crippen LogP contribution in [0, 0.1) is 6.92 Å². The number of carboxylic acid groups (broad SMARTS) is 2. The first-order valence-corrected chi connectivity index (χ1v) is 13.9. The number of Topliss-reactive ketones (excluding diaryl/α,β-unsaturated/α-hetero) is 1. The van der Waals surface area contributed by atoms with Crippen LogP contribution in [0.15, 0.2) is 70.2 Å². The van der Waals surface area contributed by atoms with Gasteiger partial charge in [0.1, 0.15) is 10.6 Å². The van der Waals surface area contributed by atoms with Gasteiger partial charge in [-0.1, -0.05) is 18.2 Å². The Morgan fingerprint density at radius 2 is 1.49 bits per heavy atom. The van der Waals surface area contributed by atoms with Crippen LogP contribution < -0.4 is 0 Å². The third-order valence-corrected chi connectivity index (χ3v) is 7.35. The second kappa shape index (κ2) is 12.6. The van der Waals surface area contributed by atoms with E-state index in [1.165, 1.54) is 28.0 Å². The number of carboxylic acids is 2. The molecule has 0 aromatic heterocycles. The number of benzene rings is 2. The van der Waals surface area contributed by atoms with E-state index in [-0.39, 0.29) is 53.7 Å². The van der Waals surface area contributed by atoms with Crippen molar-refractivity contribution in [1.82, 2.24) is 9.80 Å². The molecular formula is C29H32N2O9S. The summed E-state index contributed by atoms with van der Waals surface area (Å²) >= 11 is 0. The molecule has 0 aliphatic heterocycles. The molecule has 12 heteroatoms. The van der Waals surface area contributed by atoms with E-state index in [1.807, 2.05) is 0 Å². The molecule has 0 unspecified atom stereocenters. The van der Waals surface area contributed by atoms with Crippen LogP contribution in [-0.2, 0) is 31.0 Å². The number of carbonyl (C=O) groups is 3. The fourth-order valence-corrected chi connectivity index (χ4v) is 5.46. The highest BCUT2D eigenvalue weighted by atomic mass is 32.2. The molecule has 41 heavy (non-hydrogen) atoms. The van der Waals surface area contributed by atoms with Crippen LogP contribution in [-0.4, -0.2) is 89.5 Å². The van der Waals surface area contributed by atoms with Gasteiger partial charge in [-0.25, -0.2) is 0 Å². The normalized spacial score (nSPS) is 15.1. The van der Waals surface area contributed by atoms with Crippen LogP contribution in [0.25, 0.3) is 5.57 Å². The standard InChI is InChI=1S/C29H32N2O9S/c1-17-9-19(11-21(28(17)36)13-30(3)15-25(32)33)27(23-7-5-6-8-24(23)41(38,39)40)20-10-18(2)29(37)22(12-20)14-31(4)16-26(34)35/h5-12,36H,13-16H2,1-4H3,(H,32,33)(H,34,35)(H,38,39,40). The van der Waals surface area contributed by atoms with Crippen molar-refractivity contribution in [2.45, 2.75) is 25.3 Å². The van der Waals surface area contributed by atoms with Gasteiger partial charge in [0, 0.05) is 29.8 Å². The summed E-state index contributed by atoms with van der Waals surface area (Å²) in [5, 5.41) is 29.1. The Bertz CT molecular complexity index is 1600. The number of carbonyl (C=O) groups excluding carboxylic acids is 1. The number of ketones is 1. The van der Waals surface area contributed by atoms with Gasteiger partial charge >= 0.3 is 11.9 Å². The van der Waals surface area contributed by atoms with Crippen molar-refractivity contribution in [1.29, 1.82) is 0 Å². The lowest BCUT2D eigenvalue weighted by Crippen LogP contribution is -2.30. The summed E-state index contributed by atoms with van der Waals surface area (Å²) < 4.78 is 34.9. The van der Waals surface area contributed by atoms with Crippen molar-refractivity contribution in [2.24, 2.45) is 0 Å². The molecule has 0 saturated carbocycles. The lowest BCUT2D eigenvalue weighted by Gasteiger charge is -2.23. The minimum absolute atomic E-state index is 0.00682. The first-order valence-electron chi connectivity index (χ1n) is 12.5. The fraction of sp³-hybridized carbons (Fsp3) is 0.276. The van der Waals surface area contributed by atoms with E-state index < -0.39 is 22.1 Å². The number of phenolic OH excluding ortho intramolecular Hbond substituents is 1. The van der Waals surface area contributed by atoms with E-state index in [0.29, 0.717) is 33.4 Å². The molecule has 1 aliphatic carbocycles. The molecular weight excluding hydrogens is 552 g/mol. The second-order valence-corrected chi connectivity index (χ2v) is 11.5. The topological polar surface area (TPSA) is 173 Å². The third kappa shape index (κ3) is 7.76. The maximum atomic E-state index is 13.0. The maximum absolute atomic E-state index is 13.0. The zero-order chi connectivity index (χ0) is 30.6. The molecule has 2 aromatic carbocycles. The molecule has 0 saturated heterocycles. The highest BCUT2D eigenvalue weighted by Crippen LogP contribution is 2.38. The zero-order valence-corrected chi connectivity index (χ0v) is 23.9. The van der Waals surface area contributed by atoms with E-state index in [0.717, 1.165) is 0 Å². The fourth-order valence-electron chi connectivity index (χ4n) is 4.76. The van der Waals surface area contributed by atoms with Crippen LogP contribution in [0.2, 0.25) is 0 Å². The lowest BCUT2D eigenvalue weighted by molar-refractivity contribution is -0.139. The van der Waals surface area contributed by atoms with E-state index >= 15 is 0 Å². The molecule has 0 radical (unpaired) electrons. The van der Waals surface area contributed by atoms with Gasteiger partial charge in [0.25, 0.3) is 10.1 Å². The molecule has 0 atom stereocenters. The number of allylic oxidation sites excluding steroid dienone is 4. The van der Waals surface area contributed by atoms with Gasteiger partial charge in [0.15, 0.2) is 5.78 Å². The maximum Gasteiger partial charge on any atom is 0.317 e. The number of hydrogen-bond donors (Lipinski definition) is 4. The van der Waals surface area contributed by atoms with Crippen LogP contribution >= 0.6 is 0 Å². The van der Waals surface area contributed by atoms with Crippen molar-refractivity contribution >= 4 is 33.4 Å². The summed E-state index contributed by atoms with van der Waals surface area (Å²) in [6, 6.07) is 9.03. The van der Waals surface area contributed by atoms with Crippen molar-refractivity contribution in [2.75, 3.05) is 33.7 Å². The van der Waals surface area contributed by atoms with Crippen molar-refractivity contribution in [3.63, 3.8) is 0 Å². The van der Waals surface area contributed by atoms with Crippen molar-refractivity contribution < 1.29 is 42.7 Å². The first kappa shape index (κ1) is 31.4. The van der Waals surface area contributed by atoms with E-state index in [2.05, 4.69) is 0 Å². The highest BCUT2D eigenvalue weighted by Gasteiger charge is 2.26. The number of likely N-dealkylation sites (N-methyl/N-ethyl adjacent to an activating group) is 2. The summed E-state index contributed by atoms with van der Waals surface area (Å²) in [7, 11) is -1.57. The molecule has 0 fully saturated rings. The van der Waals surface area contributed by atoms with Crippen LogP contribution in [0.4, 0.5) is 0 Å². The van der Waals surface area contributed by atoms with Gasteiger partial charge in [-0.05, 0) is 86.1 Å². The van der Waals surface area contributed by atoms with E-state index in [1.54, 1.807) is 58.3 Å². The monoisotopic (exact) mass is 584 g/mol. The molecule has 218 valence electrons. The molecule has 0 amide bonds. The Kier molecular flexibility index (Phi) is 9.66. The van der Waals surface area contributed by atoms with Crippen LogP contribution in [0.5, 0.6) is 5.75 Å². The smallest absolute Gasteiger partial charge is 0.317 e. The average Bonchev–Trinajstić information content (AvgIpc) is 2.84. The Morgan fingerprint density at radius 3 is 2.07 bits per heavy atom. The summed E-state index contributed by atoms with van der Waals surface area (Å²) in [5.41, 5.74) is 2.75. The summed E-state index contributed by atoms with van der Waals surface area (Å²) in [6.45, 7) is 2.70. The van der Waals surface area contributed by atoms with Crippen LogP contribution in [0.1, 0.15) is 29.2 Å². The van der Waals surface area contributed by atoms with Gasteiger partial charge in [0.2, 0.25) is 0 Å². The molecule has 4 N–H and O–H groups in total. The molecule has 11 nitrogen and oxygen atoms in total. The van der Waals surface area contributed by atoms with Gasteiger partial charge in [-0.3, -0.25) is 28.7 Å². The Balaban J connectivity index is 2.36. The number of aliphatic carboxylic acids is 2. The zero-order valence-electron chi connectivity index (χ0n) is 23.1. The number of phenols is 1. The summed E-state index contributed by atoms with van der Waals surface area (Å²) in [4.78, 5) is 38.0.